The first-order valence-corrected chi connectivity index (χ1v) is 6.53. The van der Waals surface area contributed by atoms with Crippen molar-refractivity contribution in [2.75, 3.05) is 10.7 Å². The number of hydrogen-bond acceptors (Lipinski definition) is 6. The van der Waals surface area contributed by atoms with Gasteiger partial charge in [-0.25, -0.2) is 4.98 Å². The number of aromatic amines is 1. The number of carbonyl (C=O) groups is 2. The maximum Gasteiger partial charge on any atom is 0.287 e. The lowest BCUT2D eigenvalue weighted by Crippen LogP contribution is -2.23. The normalized spacial score (nSPS) is 10.7. The number of aromatic nitrogens is 2. The lowest BCUT2D eigenvalue weighted by atomic mass is 10.3. The van der Waals surface area contributed by atoms with Crippen molar-refractivity contribution in [2.24, 2.45) is 10.8 Å². The van der Waals surface area contributed by atoms with Crippen molar-refractivity contribution in [3.05, 3.63) is 41.3 Å². The fraction of sp³-hybridized carbons (Fsp3) is 0. The fourth-order valence-electron chi connectivity index (χ4n) is 1.56. The molecule has 1 heterocycles. The van der Waals surface area contributed by atoms with Gasteiger partial charge in [0.2, 0.25) is 5.71 Å². The molecule has 0 saturated carbocycles. The molecule has 0 saturated heterocycles. The second kappa shape index (κ2) is 7.06. The molecule has 5 N–H and O–H groups in total. The Labute approximate surface area is 135 Å². The number of primary amides is 1. The van der Waals surface area contributed by atoms with Gasteiger partial charge in [-0.1, -0.05) is 17.7 Å². The van der Waals surface area contributed by atoms with Gasteiger partial charge in [-0.2, -0.15) is 10.4 Å². The van der Waals surface area contributed by atoms with Crippen LogP contribution in [0.25, 0.3) is 0 Å². The minimum atomic E-state index is -0.762. The first kappa shape index (κ1) is 16.0. The third-order valence-corrected chi connectivity index (χ3v) is 2.80. The maximum atomic E-state index is 12.0. The van der Waals surface area contributed by atoms with Crippen LogP contribution in [-0.4, -0.2) is 27.5 Å². The van der Waals surface area contributed by atoms with Gasteiger partial charge in [0, 0.05) is 10.7 Å². The van der Waals surface area contributed by atoms with Crippen LogP contribution < -0.4 is 16.5 Å². The predicted octanol–water partition coefficient (Wildman–Crippen LogP) is 1.09. The number of hydrazone groups is 1. The molecule has 0 bridgehead atoms. The quantitative estimate of drug-likeness (QED) is 0.478. The van der Waals surface area contributed by atoms with E-state index in [9.17, 15) is 9.59 Å². The number of imidazole rings is 1. The molecule has 0 atom stereocenters. The highest BCUT2D eigenvalue weighted by molar-refractivity contribution is 6.48. The van der Waals surface area contributed by atoms with Gasteiger partial charge in [-0.3, -0.25) is 15.0 Å². The molecule has 23 heavy (non-hydrogen) atoms. The summed E-state index contributed by atoms with van der Waals surface area (Å²) < 4.78 is 0. The minimum Gasteiger partial charge on any atom is -0.364 e. The molecule has 0 aliphatic carbocycles. The molecule has 1 aromatic carbocycles. The minimum absolute atomic E-state index is 0.000746. The summed E-state index contributed by atoms with van der Waals surface area (Å²) in [5, 5.41) is 15.5. The molecular weight excluding hydrogens is 322 g/mol. The Bertz CT molecular complexity index is 822. The molecule has 2 aromatic rings. The van der Waals surface area contributed by atoms with Crippen LogP contribution in [0.3, 0.4) is 0 Å². The summed E-state index contributed by atoms with van der Waals surface area (Å²) >= 11 is 5.80. The number of nitrogens with one attached hydrogen (secondary N) is 3. The molecule has 1 aromatic heterocycles. The number of amides is 2. The number of nitrogens with zero attached hydrogens (tertiary/aromatic N) is 3. The number of rotatable bonds is 5. The van der Waals surface area contributed by atoms with Crippen molar-refractivity contribution in [2.45, 2.75) is 0 Å². The van der Waals surface area contributed by atoms with Crippen LogP contribution in [0.4, 0.5) is 11.5 Å². The Hall–Kier alpha value is -3.38. The molecule has 10 heteroatoms. The molecule has 116 valence electrons. The van der Waals surface area contributed by atoms with Crippen molar-refractivity contribution in [3.8, 4) is 6.07 Å². The van der Waals surface area contributed by atoms with Crippen LogP contribution in [0.2, 0.25) is 5.02 Å². The van der Waals surface area contributed by atoms with Crippen molar-refractivity contribution < 1.29 is 9.59 Å². The third kappa shape index (κ3) is 4.05. The molecule has 0 fully saturated rings. The summed E-state index contributed by atoms with van der Waals surface area (Å²) in [4.78, 5) is 29.3. The molecule has 0 spiro atoms. The van der Waals surface area contributed by atoms with E-state index in [2.05, 4.69) is 25.8 Å². The van der Waals surface area contributed by atoms with Crippen LogP contribution in [-0.2, 0) is 4.79 Å². The van der Waals surface area contributed by atoms with Gasteiger partial charge >= 0.3 is 0 Å². The second-order valence-corrected chi connectivity index (χ2v) is 4.58. The number of nitriles is 1. The number of H-pyrrole nitrogens is 1. The van der Waals surface area contributed by atoms with Gasteiger partial charge in [-0.15, -0.1) is 0 Å². The van der Waals surface area contributed by atoms with Gasteiger partial charge in [0.05, 0.1) is 6.33 Å². The van der Waals surface area contributed by atoms with E-state index < -0.39 is 17.5 Å². The predicted molar refractivity (Wildman–Crippen MR) is 83.9 cm³/mol. The van der Waals surface area contributed by atoms with E-state index in [0.29, 0.717) is 10.7 Å². The molecule has 9 nitrogen and oxygen atoms in total. The zero-order valence-electron chi connectivity index (χ0n) is 11.5. The van der Waals surface area contributed by atoms with Crippen LogP contribution in [0.1, 0.15) is 10.5 Å². The third-order valence-electron chi connectivity index (χ3n) is 2.56. The van der Waals surface area contributed by atoms with Gasteiger partial charge < -0.3 is 16.0 Å². The van der Waals surface area contributed by atoms with Gasteiger partial charge in [0.15, 0.2) is 5.82 Å². The molecule has 0 unspecified atom stereocenters. The highest BCUT2D eigenvalue weighted by Crippen LogP contribution is 2.15. The summed E-state index contributed by atoms with van der Waals surface area (Å²) in [6.45, 7) is 0. The number of halogens is 1. The van der Waals surface area contributed by atoms with Crippen molar-refractivity contribution in [1.29, 1.82) is 5.26 Å². The summed E-state index contributed by atoms with van der Waals surface area (Å²) in [5.41, 5.74) is 7.37. The Kier molecular flexibility index (Phi) is 4.91. The van der Waals surface area contributed by atoms with Crippen LogP contribution in [0.5, 0.6) is 0 Å². The van der Waals surface area contributed by atoms with E-state index in [4.69, 9.17) is 22.6 Å². The Balaban J connectivity index is 2.12. The zero-order chi connectivity index (χ0) is 16.8. The Morgan fingerprint density at radius 1 is 1.43 bits per heavy atom. The van der Waals surface area contributed by atoms with E-state index in [1.54, 1.807) is 24.3 Å². The van der Waals surface area contributed by atoms with E-state index in [-0.39, 0.29) is 11.5 Å². The monoisotopic (exact) mass is 331 g/mol. The van der Waals surface area contributed by atoms with E-state index in [1.165, 1.54) is 12.4 Å². The lowest BCUT2D eigenvalue weighted by molar-refractivity contribution is -0.110. The molecule has 2 amide bonds. The number of benzene rings is 1. The van der Waals surface area contributed by atoms with E-state index in [1.807, 2.05) is 0 Å². The molecule has 0 aliphatic heterocycles. The summed E-state index contributed by atoms with van der Waals surface area (Å²) in [6, 6.07) is 8.03. The molecule has 0 radical (unpaired) electrons. The lowest BCUT2D eigenvalue weighted by Gasteiger charge is -2.04. The number of hydrogen-bond donors (Lipinski definition) is 4. The average Bonchev–Trinajstić information content (AvgIpc) is 2.96. The first-order chi connectivity index (χ1) is 11.0. The molecular formula is C13H10ClN7O2. The van der Waals surface area contributed by atoms with E-state index in [0.717, 1.165) is 0 Å². The summed E-state index contributed by atoms with van der Waals surface area (Å²) in [7, 11) is 0. The number of nitrogens with two attached hydrogens (primary N) is 1. The van der Waals surface area contributed by atoms with Crippen molar-refractivity contribution in [1.82, 2.24) is 9.97 Å². The Morgan fingerprint density at radius 2 is 2.22 bits per heavy atom. The zero-order valence-corrected chi connectivity index (χ0v) is 12.3. The maximum absolute atomic E-state index is 12.0. The SMILES string of the molecule is N#CC(=NNc1nc[nH]c1C(N)=O)C(=O)Nc1cccc(Cl)c1. The van der Waals surface area contributed by atoms with Gasteiger partial charge in [-0.05, 0) is 18.2 Å². The number of anilines is 2. The molecule has 0 aliphatic rings. The highest BCUT2D eigenvalue weighted by Gasteiger charge is 2.14. The molecule has 2 rings (SSSR count). The standard InChI is InChI=1S/C13H10ClN7O2/c14-7-2-1-3-8(4-7)19-13(23)9(5-15)20-21-12-10(11(16)22)17-6-18-12/h1-4,6,21H,(H2,16,22)(H,17,18)(H,19,23). The summed E-state index contributed by atoms with van der Waals surface area (Å²) in [6.07, 6.45) is 1.22. The van der Waals surface area contributed by atoms with Crippen molar-refractivity contribution >= 4 is 40.6 Å². The number of carbonyl (C=O) groups excluding carboxylic acids is 2. The first-order valence-electron chi connectivity index (χ1n) is 6.15. The largest absolute Gasteiger partial charge is 0.364 e. The Morgan fingerprint density at radius 3 is 2.87 bits per heavy atom. The fourth-order valence-corrected chi connectivity index (χ4v) is 1.75. The van der Waals surface area contributed by atoms with Crippen LogP contribution in [0, 0.1) is 11.3 Å². The second-order valence-electron chi connectivity index (χ2n) is 4.14. The average molecular weight is 332 g/mol. The van der Waals surface area contributed by atoms with E-state index >= 15 is 0 Å². The van der Waals surface area contributed by atoms with Gasteiger partial charge in [0.1, 0.15) is 11.8 Å². The van der Waals surface area contributed by atoms with Crippen molar-refractivity contribution in [3.63, 3.8) is 0 Å². The van der Waals surface area contributed by atoms with Crippen LogP contribution >= 0.6 is 11.6 Å². The highest BCUT2D eigenvalue weighted by atomic mass is 35.5. The summed E-state index contributed by atoms with van der Waals surface area (Å²) in [5.74, 6) is -1.51. The smallest absolute Gasteiger partial charge is 0.287 e. The topological polar surface area (TPSA) is 149 Å². The van der Waals surface area contributed by atoms with Gasteiger partial charge in [0.25, 0.3) is 11.8 Å². The van der Waals surface area contributed by atoms with Crippen LogP contribution in [0.15, 0.2) is 35.7 Å².